The fourth-order valence-corrected chi connectivity index (χ4v) is 3.10. The second-order valence-corrected chi connectivity index (χ2v) is 6.32. The number of anilines is 1. The zero-order chi connectivity index (χ0) is 18.6. The molecule has 1 aromatic carbocycles. The molecule has 1 aliphatic rings. The van der Waals surface area contributed by atoms with Crippen LogP contribution in [0.5, 0.6) is 0 Å². The number of aromatic nitrogens is 2. The quantitative estimate of drug-likeness (QED) is 0.726. The highest BCUT2D eigenvalue weighted by atomic mass is 16.5. The SMILES string of the molecule is O=C(Cn1c(=O)oc2ccccc21)NCc1ccnc(N2CCOCC2)c1. The number of carbonyl (C=O) groups excluding carboxylic acids is 1. The van der Waals surface area contributed by atoms with Crippen LogP contribution in [0.25, 0.3) is 11.1 Å². The lowest BCUT2D eigenvalue weighted by Gasteiger charge is -2.28. The molecule has 0 spiro atoms. The number of hydrogen-bond donors (Lipinski definition) is 1. The largest absolute Gasteiger partial charge is 0.420 e. The third kappa shape index (κ3) is 3.85. The summed E-state index contributed by atoms with van der Waals surface area (Å²) in [5, 5.41) is 2.85. The van der Waals surface area contributed by atoms with Gasteiger partial charge < -0.3 is 19.4 Å². The number of amides is 1. The van der Waals surface area contributed by atoms with Gasteiger partial charge in [0.15, 0.2) is 5.58 Å². The molecule has 8 heteroatoms. The van der Waals surface area contributed by atoms with Gasteiger partial charge in [0.2, 0.25) is 5.91 Å². The van der Waals surface area contributed by atoms with E-state index in [2.05, 4.69) is 15.2 Å². The van der Waals surface area contributed by atoms with E-state index in [9.17, 15) is 9.59 Å². The number of carbonyl (C=O) groups is 1. The summed E-state index contributed by atoms with van der Waals surface area (Å²) in [6, 6.07) is 10.9. The highest BCUT2D eigenvalue weighted by Crippen LogP contribution is 2.14. The molecule has 0 aliphatic carbocycles. The van der Waals surface area contributed by atoms with E-state index < -0.39 is 5.76 Å². The molecule has 8 nitrogen and oxygen atoms in total. The Balaban J connectivity index is 1.40. The third-order valence-corrected chi connectivity index (χ3v) is 4.51. The topological polar surface area (TPSA) is 89.6 Å². The van der Waals surface area contributed by atoms with Crippen molar-refractivity contribution >= 4 is 22.8 Å². The van der Waals surface area contributed by atoms with Crippen molar-refractivity contribution in [2.24, 2.45) is 0 Å². The summed E-state index contributed by atoms with van der Waals surface area (Å²) in [5.74, 6) is 0.0837. The normalized spacial score (nSPS) is 14.4. The molecule has 140 valence electrons. The number of pyridine rings is 1. The first-order valence-electron chi connectivity index (χ1n) is 8.83. The second kappa shape index (κ2) is 7.63. The molecular weight excluding hydrogens is 348 g/mol. The smallest absolute Gasteiger partial charge is 0.408 e. The molecule has 0 saturated carbocycles. The summed E-state index contributed by atoms with van der Waals surface area (Å²) < 4.78 is 11.8. The second-order valence-electron chi connectivity index (χ2n) is 6.32. The predicted octanol–water partition coefficient (Wildman–Crippen LogP) is 1.14. The van der Waals surface area contributed by atoms with E-state index in [-0.39, 0.29) is 12.5 Å². The van der Waals surface area contributed by atoms with E-state index >= 15 is 0 Å². The van der Waals surface area contributed by atoms with Crippen LogP contribution in [0.1, 0.15) is 5.56 Å². The first kappa shape index (κ1) is 17.3. The Bertz CT molecular complexity index is 1000. The molecule has 1 fully saturated rings. The van der Waals surface area contributed by atoms with Gasteiger partial charge in [0.05, 0.1) is 18.7 Å². The van der Waals surface area contributed by atoms with Gasteiger partial charge in [-0.2, -0.15) is 0 Å². The van der Waals surface area contributed by atoms with Gasteiger partial charge in [0.25, 0.3) is 0 Å². The summed E-state index contributed by atoms with van der Waals surface area (Å²) in [4.78, 5) is 30.8. The van der Waals surface area contributed by atoms with Gasteiger partial charge in [-0.25, -0.2) is 9.78 Å². The number of rotatable bonds is 5. The number of nitrogens with zero attached hydrogens (tertiary/aromatic N) is 3. The van der Waals surface area contributed by atoms with Gasteiger partial charge in [-0.05, 0) is 29.8 Å². The summed E-state index contributed by atoms with van der Waals surface area (Å²) in [7, 11) is 0. The van der Waals surface area contributed by atoms with E-state index in [1.54, 1.807) is 30.5 Å². The number of benzene rings is 1. The van der Waals surface area contributed by atoms with Crippen molar-refractivity contribution in [3.63, 3.8) is 0 Å². The van der Waals surface area contributed by atoms with Crippen molar-refractivity contribution in [3.05, 3.63) is 58.7 Å². The van der Waals surface area contributed by atoms with Crippen molar-refractivity contribution in [2.45, 2.75) is 13.1 Å². The number of oxazole rings is 1. The molecule has 3 heterocycles. The van der Waals surface area contributed by atoms with Gasteiger partial charge in [-0.15, -0.1) is 0 Å². The molecule has 1 amide bonds. The maximum atomic E-state index is 12.3. The molecule has 3 aromatic rings. The van der Waals surface area contributed by atoms with Crippen molar-refractivity contribution < 1.29 is 13.9 Å². The Kier molecular flexibility index (Phi) is 4.88. The summed E-state index contributed by atoms with van der Waals surface area (Å²) in [6.45, 7) is 3.27. The average Bonchev–Trinajstić information content (AvgIpc) is 3.02. The standard InChI is InChI=1S/C19H20N4O4/c24-18(13-23-15-3-1-2-4-16(15)27-19(23)25)21-12-14-5-6-20-17(11-14)22-7-9-26-10-8-22/h1-6,11H,7-10,12-13H2,(H,21,24). The van der Waals surface area contributed by atoms with Crippen molar-refractivity contribution in [2.75, 3.05) is 31.2 Å². The fourth-order valence-electron chi connectivity index (χ4n) is 3.10. The molecule has 0 atom stereocenters. The lowest BCUT2D eigenvalue weighted by atomic mass is 10.2. The van der Waals surface area contributed by atoms with E-state index in [1.165, 1.54) is 4.57 Å². The number of nitrogens with one attached hydrogen (secondary N) is 1. The van der Waals surface area contributed by atoms with Crippen LogP contribution in [-0.4, -0.2) is 41.8 Å². The van der Waals surface area contributed by atoms with Crippen LogP contribution in [-0.2, 0) is 22.6 Å². The molecule has 1 saturated heterocycles. The van der Waals surface area contributed by atoms with Crippen LogP contribution in [0.3, 0.4) is 0 Å². The molecular formula is C19H20N4O4. The average molecular weight is 368 g/mol. The lowest BCUT2D eigenvalue weighted by molar-refractivity contribution is -0.121. The Morgan fingerprint density at radius 3 is 2.85 bits per heavy atom. The molecule has 27 heavy (non-hydrogen) atoms. The van der Waals surface area contributed by atoms with Crippen LogP contribution < -0.4 is 16.0 Å². The molecule has 2 aromatic heterocycles. The highest BCUT2D eigenvalue weighted by Gasteiger charge is 2.14. The van der Waals surface area contributed by atoms with Crippen molar-refractivity contribution in [1.29, 1.82) is 0 Å². The monoisotopic (exact) mass is 368 g/mol. The molecule has 0 radical (unpaired) electrons. The Morgan fingerprint density at radius 1 is 1.19 bits per heavy atom. The van der Waals surface area contributed by atoms with Gasteiger partial charge in [-0.3, -0.25) is 9.36 Å². The third-order valence-electron chi connectivity index (χ3n) is 4.51. The van der Waals surface area contributed by atoms with Gasteiger partial charge >= 0.3 is 5.76 Å². The Hall–Kier alpha value is -3.13. The Labute approximate surface area is 155 Å². The minimum Gasteiger partial charge on any atom is -0.408 e. The maximum absolute atomic E-state index is 12.3. The van der Waals surface area contributed by atoms with Gasteiger partial charge in [-0.1, -0.05) is 12.1 Å². The number of ether oxygens (including phenoxy) is 1. The number of morpholine rings is 1. The molecule has 4 rings (SSSR count). The number of fused-ring (bicyclic) bond motifs is 1. The van der Waals surface area contributed by atoms with Gasteiger partial charge in [0.1, 0.15) is 12.4 Å². The van der Waals surface area contributed by atoms with Crippen molar-refractivity contribution in [3.8, 4) is 0 Å². The van der Waals surface area contributed by atoms with E-state index in [0.29, 0.717) is 30.9 Å². The summed E-state index contributed by atoms with van der Waals surface area (Å²) >= 11 is 0. The zero-order valence-corrected chi connectivity index (χ0v) is 14.8. The first-order chi connectivity index (χ1) is 13.2. The van der Waals surface area contributed by atoms with Crippen LogP contribution in [0, 0.1) is 0 Å². The Morgan fingerprint density at radius 2 is 2.00 bits per heavy atom. The zero-order valence-electron chi connectivity index (χ0n) is 14.8. The first-order valence-corrected chi connectivity index (χ1v) is 8.83. The predicted molar refractivity (Wildman–Crippen MR) is 99.6 cm³/mol. The molecule has 1 N–H and O–H groups in total. The minimum absolute atomic E-state index is 0.0861. The fraction of sp³-hybridized carbons (Fsp3) is 0.316. The summed E-state index contributed by atoms with van der Waals surface area (Å²) in [6.07, 6.45) is 1.74. The van der Waals surface area contributed by atoms with Crippen LogP contribution in [0.2, 0.25) is 0 Å². The molecule has 0 bridgehead atoms. The van der Waals surface area contributed by atoms with Crippen molar-refractivity contribution in [1.82, 2.24) is 14.9 Å². The highest BCUT2D eigenvalue weighted by molar-refractivity contribution is 5.79. The van der Waals surface area contributed by atoms with Crippen LogP contribution in [0.4, 0.5) is 5.82 Å². The van der Waals surface area contributed by atoms with E-state index in [1.807, 2.05) is 12.1 Å². The van der Waals surface area contributed by atoms with E-state index in [0.717, 1.165) is 24.5 Å². The van der Waals surface area contributed by atoms with Gasteiger partial charge in [0, 0.05) is 25.8 Å². The minimum atomic E-state index is -0.537. The van der Waals surface area contributed by atoms with Crippen LogP contribution in [0.15, 0.2) is 51.8 Å². The number of hydrogen-bond acceptors (Lipinski definition) is 6. The maximum Gasteiger partial charge on any atom is 0.420 e. The van der Waals surface area contributed by atoms with E-state index in [4.69, 9.17) is 9.15 Å². The molecule has 0 unspecified atom stereocenters. The summed E-state index contributed by atoms with van der Waals surface area (Å²) in [5.41, 5.74) is 2.03. The number of para-hydroxylation sites is 2. The lowest BCUT2D eigenvalue weighted by Crippen LogP contribution is -2.36. The molecule has 1 aliphatic heterocycles. The van der Waals surface area contributed by atoms with Crippen LogP contribution >= 0.6 is 0 Å².